The number of benzene rings is 1. The van der Waals surface area contributed by atoms with Crippen LogP contribution in [0.25, 0.3) is 0 Å². The van der Waals surface area contributed by atoms with E-state index in [0.717, 1.165) is 53.9 Å². The number of amides is 1. The number of nitrogens with zero attached hydrogens (tertiary/aromatic N) is 3. The molecule has 2 fully saturated rings. The lowest BCUT2D eigenvalue weighted by molar-refractivity contribution is 0.0940. The first-order valence-electron chi connectivity index (χ1n) is 9.90. The fourth-order valence-corrected chi connectivity index (χ4v) is 4.80. The lowest BCUT2D eigenvalue weighted by Gasteiger charge is -2.27. The van der Waals surface area contributed by atoms with Gasteiger partial charge < -0.3 is 19.7 Å². The number of carbonyl (C=O) groups is 1. The highest BCUT2D eigenvalue weighted by molar-refractivity contribution is 5.96. The number of anilines is 1. The van der Waals surface area contributed by atoms with Crippen LogP contribution in [0, 0.1) is 11.3 Å². The Morgan fingerprint density at radius 3 is 3.04 bits per heavy atom. The van der Waals surface area contributed by atoms with Gasteiger partial charge in [0.05, 0.1) is 0 Å². The molecule has 1 saturated heterocycles. The Labute approximate surface area is 163 Å². The summed E-state index contributed by atoms with van der Waals surface area (Å²) in [6, 6.07) is 5.89. The molecule has 1 aromatic heterocycles. The quantitative estimate of drug-likeness (QED) is 0.880. The molecule has 1 saturated carbocycles. The molecule has 2 aromatic rings. The molecule has 144 valence electrons. The predicted octanol–water partition coefficient (Wildman–Crippen LogP) is 1.93. The highest BCUT2D eigenvalue weighted by Crippen LogP contribution is 2.58. The van der Waals surface area contributed by atoms with Crippen LogP contribution in [0.3, 0.4) is 0 Å². The van der Waals surface area contributed by atoms with E-state index in [1.807, 2.05) is 18.2 Å². The van der Waals surface area contributed by atoms with Crippen molar-refractivity contribution in [3.8, 4) is 11.5 Å². The molecule has 7 nitrogen and oxygen atoms in total. The second-order valence-electron chi connectivity index (χ2n) is 8.60. The van der Waals surface area contributed by atoms with E-state index >= 15 is 0 Å². The molecular weight excluding hydrogens is 356 g/mol. The molecular formula is C21H22N4O3. The van der Waals surface area contributed by atoms with Gasteiger partial charge in [-0.25, -0.2) is 9.97 Å². The maximum atomic E-state index is 12.5. The normalized spacial score (nSPS) is 26.7. The number of ether oxygens (including phenoxy) is 2. The average Bonchev–Trinajstić information content (AvgIpc) is 3.02. The Morgan fingerprint density at radius 2 is 2.18 bits per heavy atom. The molecule has 1 aromatic carbocycles. The zero-order valence-electron chi connectivity index (χ0n) is 15.8. The molecule has 0 unspecified atom stereocenters. The van der Waals surface area contributed by atoms with Crippen LogP contribution in [0.2, 0.25) is 0 Å². The minimum Gasteiger partial charge on any atom is -0.454 e. The second-order valence-corrected chi connectivity index (χ2v) is 8.60. The average molecular weight is 378 g/mol. The molecule has 1 N–H and O–H groups in total. The first kappa shape index (κ1) is 16.2. The van der Waals surface area contributed by atoms with Gasteiger partial charge in [-0.15, -0.1) is 0 Å². The van der Waals surface area contributed by atoms with Gasteiger partial charge in [0.15, 0.2) is 11.5 Å². The van der Waals surface area contributed by atoms with Crippen LogP contribution in [0.1, 0.15) is 40.8 Å². The van der Waals surface area contributed by atoms with Crippen molar-refractivity contribution in [3.63, 3.8) is 0 Å². The molecule has 2 atom stereocenters. The van der Waals surface area contributed by atoms with E-state index in [-0.39, 0.29) is 12.7 Å². The van der Waals surface area contributed by atoms with Crippen molar-refractivity contribution >= 4 is 11.7 Å². The van der Waals surface area contributed by atoms with Gasteiger partial charge in [0.1, 0.15) is 17.3 Å². The van der Waals surface area contributed by atoms with Crippen LogP contribution in [0.15, 0.2) is 18.2 Å². The second kappa shape index (κ2) is 5.59. The smallest absolute Gasteiger partial charge is 0.270 e. The van der Waals surface area contributed by atoms with E-state index in [9.17, 15) is 4.79 Å². The number of hydrogen-bond donors (Lipinski definition) is 1. The molecule has 0 bridgehead atoms. The zero-order chi connectivity index (χ0) is 18.9. The summed E-state index contributed by atoms with van der Waals surface area (Å²) < 4.78 is 10.9. The Hall–Kier alpha value is -2.83. The lowest BCUT2D eigenvalue weighted by atomic mass is 10.0. The van der Waals surface area contributed by atoms with E-state index in [4.69, 9.17) is 14.5 Å². The van der Waals surface area contributed by atoms with Gasteiger partial charge in [-0.05, 0) is 41.9 Å². The minimum atomic E-state index is -0.0904. The summed E-state index contributed by atoms with van der Waals surface area (Å²) >= 11 is 0. The van der Waals surface area contributed by atoms with Crippen molar-refractivity contribution in [3.05, 3.63) is 40.8 Å². The van der Waals surface area contributed by atoms with Gasteiger partial charge >= 0.3 is 0 Å². The summed E-state index contributed by atoms with van der Waals surface area (Å²) in [6.07, 6.45) is 2.65. The number of fused-ring (bicyclic) bond motifs is 3. The third-order valence-electron chi connectivity index (χ3n) is 6.54. The summed E-state index contributed by atoms with van der Waals surface area (Å²) in [5.74, 6) is 3.82. The number of aromatic nitrogens is 2. The molecule has 1 amide bonds. The van der Waals surface area contributed by atoms with Gasteiger partial charge in [0.2, 0.25) is 6.79 Å². The van der Waals surface area contributed by atoms with E-state index in [1.54, 1.807) is 0 Å². The molecule has 0 spiro atoms. The molecule has 4 heterocycles. The van der Waals surface area contributed by atoms with Crippen LogP contribution in [0.4, 0.5) is 5.82 Å². The van der Waals surface area contributed by atoms with Crippen molar-refractivity contribution < 1.29 is 14.3 Å². The predicted molar refractivity (Wildman–Crippen MR) is 102 cm³/mol. The zero-order valence-corrected chi connectivity index (χ0v) is 15.8. The van der Waals surface area contributed by atoms with Gasteiger partial charge in [-0.1, -0.05) is 13.0 Å². The van der Waals surface area contributed by atoms with Crippen LogP contribution >= 0.6 is 0 Å². The standard InChI is InChI=1S/C21H22N4O3/c1-21-8-13(21)9-25(10-21)19-14-4-5-22-20(26)18(14)23-17(24-19)7-12-2-3-15-16(6-12)28-11-27-15/h2-3,6,13H,4-5,7-11H2,1H3,(H,22,26)/t13-,21+/m0/s1. The Morgan fingerprint density at radius 1 is 1.29 bits per heavy atom. The Bertz CT molecular complexity index is 1010. The molecule has 3 aliphatic heterocycles. The van der Waals surface area contributed by atoms with Crippen LogP contribution in [-0.4, -0.2) is 42.3 Å². The summed E-state index contributed by atoms with van der Waals surface area (Å²) in [5.41, 5.74) is 3.01. The van der Waals surface area contributed by atoms with E-state index in [1.165, 1.54) is 6.42 Å². The summed E-state index contributed by atoms with van der Waals surface area (Å²) in [6.45, 7) is 5.31. The number of nitrogens with one attached hydrogen (secondary N) is 1. The van der Waals surface area contributed by atoms with Crippen molar-refractivity contribution in [2.45, 2.75) is 26.2 Å². The Balaban J connectivity index is 1.38. The van der Waals surface area contributed by atoms with E-state index in [2.05, 4.69) is 22.1 Å². The monoisotopic (exact) mass is 378 g/mol. The minimum absolute atomic E-state index is 0.0904. The van der Waals surface area contributed by atoms with Gasteiger partial charge in [-0.2, -0.15) is 0 Å². The largest absolute Gasteiger partial charge is 0.454 e. The Kier molecular flexibility index (Phi) is 3.23. The maximum absolute atomic E-state index is 12.5. The molecule has 7 heteroatoms. The summed E-state index contributed by atoms with van der Waals surface area (Å²) in [5, 5.41) is 2.92. The number of rotatable bonds is 3. The third kappa shape index (κ3) is 2.45. The molecule has 1 aliphatic carbocycles. The highest BCUT2D eigenvalue weighted by Gasteiger charge is 2.56. The van der Waals surface area contributed by atoms with Gasteiger partial charge in [-0.3, -0.25) is 4.79 Å². The van der Waals surface area contributed by atoms with Crippen LogP contribution in [0.5, 0.6) is 11.5 Å². The van der Waals surface area contributed by atoms with Crippen molar-refractivity contribution in [1.29, 1.82) is 0 Å². The van der Waals surface area contributed by atoms with Crippen LogP contribution in [-0.2, 0) is 12.8 Å². The first-order valence-corrected chi connectivity index (χ1v) is 9.90. The van der Waals surface area contributed by atoms with Gasteiger partial charge in [0, 0.05) is 31.6 Å². The number of hydrogen-bond acceptors (Lipinski definition) is 6. The lowest BCUT2D eigenvalue weighted by Crippen LogP contribution is -2.36. The van der Waals surface area contributed by atoms with Crippen molar-refractivity contribution in [2.75, 3.05) is 31.3 Å². The molecule has 0 radical (unpaired) electrons. The maximum Gasteiger partial charge on any atom is 0.270 e. The fraction of sp³-hybridized carbons (Fsp3) is 0.476. The number of carbonyl (C=O) groups excluding carboxylic acids is 1. The van der Waals surface area contributed by atoms with Crippen LogP contribution < -0.4 is 19.7 Å². The van der Waals surface area contributed by atoms with Crippen molar-refractivity contribution in [1.82, 2.24) is 15.3 Å². The summed E-state index contributed by atoms with van der Waals surface area (Å²) in [7, 11) is 0. The SMILES string of the molecule is C[C@]12C[C@H]1CN(c1nc(Cc3ccc4c(c3)OCO4)nc3c1CCNC3=O)C2. The molecule has 28 heavy (non-hydrogen) atoms. The highest BCUT2D eigenvalue weighted by atomic mass is 16.7. The molecule has 4 aliphatic rings. The molecule has 6 rings (SSSR count). The summed E-state index contributed by atoms with van der Waals surface area (Å²) in [4.78, 5) is 24.4. The topological polar surface area (TPSA) is 76.6 Å². The van der Waals surface area contributed by atoms with E-state index in [0.29, 0.717) is 29.9 Å². The third-order valence-corrected chi connectivity index (χ3v) is 6.54. The van der Waals surface area contributed by atoms with Crippen molar-refractivity contribution in [2.24, 2.45) is 11.3 Å². The van der Waals surface area contributed by atoms with Gasteiger partial charge in [0.25, 0.3) is 5.91 Å². The first-order chi connectivity index (χ1) is 13.6. The van der Waals surface area contributed by atoms with E-state index < -0.39 is 0 Å². The fourth-order valence-electron chi connectivity index (χ4n) is 4.80. The number of piperidine rings is 1.